The number of carbonyl (C=O) groups excluding carboxylic acids is 1. The van der Waals surface area contributed by atoms with Crippen LogP contribution < -0.4 is 10.6 Å². The average molecular weight is 309 g/mol. The lowest BCUT2D eigenvalue weighted by Gasteiger charge is -2.32. The normalized spacial score (nSPS) is 26.1. The molecule has 2 heterocycles. The molecule has 0 saturated carbocycles. The molecule has 2 aliphatic heterocycles. The van der Waals surface area contributed by atoms with Gasteiger partial charge < -0.3 is 15.4 Å². The fourth-order valence-electron chi connectivity index (χ4n) is 3.33. The number of nitrogens with zero attached hydrogens (tertiary/aromatic N) is 1. The molecule has 1 amide bonds. The van der Waals surface area contributed by atoms with Gasteiger partial charge in [-0.25, -0.2) is 4.79 Å². The van der Waals surface area contributed by atoms with Crippen LogP contribution in [0.3, 0.4) is 0 Å². The summed E-state index contributed by atoms with van der Waals surface area (Å²) in [5, 5.41) is 6.36. The first kappa shape index (κ1) is 17.3. The Kier molecular flexibility index (Phi) is 6.26. The first-order valence-corrected chi connectivity index (χ1v) is 8.55. The zero-order valence-electron chi connectivity index (χ0n) is 14.2. The Morgan fingerprint density at radius 2 is 1.95 bits per heavy atom. The molecule has 0 aliphatic carbocycles. The van der Waals surface area contributed by atoms with Gasteiger partial charge in [-0.15, -0.1) is 0 Å². The summed E-state index contributed by atoms with van der Waals surface area (Å²) in [5.74, 6) is 0. The monoisotopic (exact) mass is 309 g/mol. The molecule has 0 aromatic heterocycles. The maximum absolute atomic E-state index is 11.5. The van der Waals surface area contributed by atoms with Crippen molar-refractivity contribution in [2.45, 2.75) is 64.1 Å². The number of hydrogen-bond donors (Lipinski definition) is 2. The van der Waals surface area contributed by atoms with Crippen molar-refractivity contribution in [3.05, 3.63) is 12.2 Å². The molecule has 22 heavy (non-hydrogen) atoms. The van der Waals surface area contributed by atoms with E-state index in [4.69, 9.17) is 4.74 Å². The number of nitrogens with one attached hydrogen (secondary N) is 2. The van der Waals surface area contributed by atoms with Crippen LogP contribution in [0.5, 0.6) is 0 Å². The topological polar surface area (TPSA) is 53.6 Å². The molecule has 2 unspecified atom stereocenters. The van der Waals surface area contributed by atoms with Gasteiger partial charge in [-0.1, -0.05) is 18.6 Å². The van der Waals surface area contributed by atoms with E-state index in [1.807, 2.05) is 26.8 Å². The van der Waals surface area contributed by atoms with Gasteiger partial charge in [-0.2, -0.15) is 0 Å². The van der Waals surface area contributed by atoms with Crippen LogP contribution in [0.15, 0.2) is 12.2 Å². The van der Waals surface area contributed by atoms with E-state index in [0.717, 1.165) is 12.6 Å². The summed E-state index contributed by atoms with van der Waals surface area (Å²) in [4.78, 5) is 14.1. The van der Waals surface area contributed by atoms with E-state index < -0.39 is 5.60 Å². The summed E-state index contributed by atoms with van der Waals surface area (Å²) in [5.41, 5.74) is -0.441. The van der Waals surface area contributed by atoms with Crippen LogP contribution in [0.4, 0.5) is 4.79 Å². The van der Waals surface area contributed by atoms with E-state index in [1.165, 1.54) is 38.8 Å². The standard InChI is InChI=1S/C17H31N3O2/c1-17(2,3)22-16(21)19-11-6-5-10-18-14-9-13-20-12-7-4-8-15(14)20/h5-6,14-15,18H,4,7-13H2,1-3H3,(H,19,21)/b6-5+. The van der Waals surface area contributed by atoms with Crippen LogP contribution in [0.1, 0.15) is 46.5 Å². The van der Waals surface area contributed by atoms with Gasteiger partial charge in [0.05, 0.1) is 0 Å². The Morgan fingerprint density at radius 3 is 2.73 bits per heavy atom. The number of hydrogen-bond acceptors (Lipinski definition) is 4. The number of carbonyl (C=O) groups is 1. The number of piperidine rings is 1. The predicted molar refractivity (Wildman–Crippen MR) is 89.0 cm³/mol. The van der Waals surface area contributed by atoms with Crippen molar-refractivity contribution in [3.63, 3.8) is 0 Å². The highest BCUT2D eigenvalue weighted by Crippen LogP contribution is 2.26. The Labute approximate surface area is 134 Å². The molecule has 0 radical (unpaired) electrons. The van der Waals surface area contributed by atoms with Crippen molar-refractivity contribution in [1.82, 2.24) is 15.5 Å². The molecule has 0 spiro atoms. The molecule has 0 aromatic carbocycles. The Morgan fingerprint density at radius 1 is 1.18 bits per heavy atom. The van der Waals surface area contributed by atoms with Crippen molar-refractivity contribution >= 4 is 6.09 Å². The van der Waals surface area contributed by atoms with Crippen LogP contribution in [0, 0.1) is 0 Å². The van der Waals surface area contributed by atoms with Crippen molar-refractivity contribution in [2.24, 2.45) is 0 Å². The molecule has 2 saturated heterocycles. The molecule has 2 rings (SSSR count). The van der Waals surface area contributed by atoms with Gasteiger partial charge in [0.15, 0.2) is 0 Å². The summed E-state index contributed by atoms with van der Waals surface area (Å²) in [6.07, 6.45) is 9.02. The molecule has 2 N–H and O–H groups in total. The fraction of sp³-hybridized carbons (Fsp3) is 0.824. The van der Waals surface area contributed by atoms with E-state index >= 15 is 0 Å². The Balaban J connectivity index is 1.58. The lowest BCUT2D eigenvalue weighted by molar-refractivity contribution is 0.0534. The summed E-state index contributed by atoms with van der Waals surface area (Å²) in [7, 11) is 0. The predicted octanol–water partition coefficient (Wildman–Crippen LogP) is 2.28. The van der Waals surface area contributed by atoms with Crippen LogP contribution in [0.25, 0.3) is 0 Å². The zero-order valence-corrected chi connectivity index (χ0v) is 14.2. The summed E-state index contributed by atoms with van der Waals surface area (Å²) < 4.78 is 5.18. The number of fused-ring (bicyclic) bond motifs is 1. The van der Waals surface area contributed by atoms with Gasteiger partial charge >= 0.3 is 6.09 Å². The Bertz CT molecular complexity index is 390. The van der Waals surface area contributed by atoms with Gasteiger partial charge in [-0.3, -0.25) is 4.90 Å². The molecule has 126 valence electrons. The van der Waals surface area contributed by atoms with E-state index in [0.29, 0.717) is 12.6 Å². The maximum Gasteiger partial charge on any atom is 0.407 e. The largest absolute Gasteiger partial charge is 0.444 e. The molecule has 2 aliphatic rings. The van der Waals surface area contributed by atoms with Crippen LogP contribution in [-0.4, -0.2) is 54.9 Å². The fourth-order valence-corrected chi connectivity index (χ4v) is 3.33. The third kappa shape index (κ3) is 5.61. The lowest BCUT2D eigenvalue weighted by Crippen LogP contribution is -2.44. The highest BCUT2D eigenvalue weighted by atomic mass is 16.6. The highest BCUT2D eigenvalue weighted by Gasteiger charge is 2.34. The van der Waals surface area contributed by atoms with Crippen LogP contribution in [0.2, 0.25) is 0 Å². The van der Waals surface area contributed by atoms with Crippen LogP contribution in [-0.2, 0) is 4.74 Å². The first-order chi connectivity index (χ1) is 10.5. The number of amides is 1. The molecule has 0 aromatic rings. The molecule has 0 bridgehead atoms. The quantitative estimate of drug-likeness (QED) is 0.765. The summed E-state index contributed by atoms with van der Waals surface area (Å²) >= 11 is 0. The van der Waals surface area contributed by atoms with Crippen molar-refractivity contribution < 1.29 is 9.53 Å². The smallest absolute Gasteiger partial charge is 0.407 e. The second-order valence-electron chi connectivity index (χ2n) is 7.26. The Hall–Kier alpha value is -1.07. The van der Waals surface area contributed by atoms with Gasteiger partial charge in [0.2, 0.25) is 0 Å². The van der Waals surface area contributed by atoms with E-state index in [2.05, 4.69) is 21.6 Å². The second kappa shape index (κ2) is 7.97. The number of ether oxygens (including phenoxy) is 1. The summed E-state index contributed by atoms with van der Waals surface area (Å²) in [6.45, 7) is 9.49. The number of alkyl carbamates (subject to hydrolysis) is 1. The van der Waals surface area contributed by atoms with Gasteiger partial charge in [0.25, 0.3) is 0 Å². The molecule has 2 atom stereocenters. The maximum atomic E-state index is 11.5. The summed E-state index contributed by atoms with van der Waals surface area (Å²) in [6, 6.07) is 1.37. The second-order valence-corrected chi connectivity index (χ2v) is 7.26. The van der Waals surface area contributed by atoms with Gasteiger partial charge in [0.1, 0.15) is 5.60 Å². The third-order valence-electron chi connectivity index (χ3n) is 4.28. The molecular weight excluding hydrogens is 278 g/mol. The van der Waals surface area contributed by atoms with E-state index in [1.54, 1.807) is 0 Å². The number of rotatable bonds is 5. The van der Waals surface area contributed by atoms with Crippen LogP contribution >= 0.6 is 0 Å². The van der Waals surface area contributed by atoms with Crippen molar-refractivity contribution in [2.75, 3.05) is 26.2 Å². The molecule has 5 heteroatoms. The minimum atomic E-state index is -0.441. The third-order valence-corrected chi connectivity index (χ3v) is 4.28. The van der Waals surface area contributed by atoms with Crippen molar-refractivity contribution in [3.8, 4) is 0 Å². The highest BCUT2D eigenvalue weighted by molar-refractivity contribution is 5.67. The van der Waals surface area contributed by atoms with Gasteiger partial charge in [-0.05, 0) is 46.6 Å². The SMILES string of the molecule is CC(C)(C)OC(=O)NC/C=C/CNC1CCN2CCCCC12. The first-order valence-electron chi connectivity index (χ1n) is 8.55. The average Bonchev–Trinajstić information content (AvgIpc) is 2.84. The molecule has 5 nitrogen and oxygen atoms in total. The molecular formula is C17H31N3O2. The minimum absolute atomic E-state index is 0.362. The van der Waals surface area contributed by atoms with Crippen molar-refractivity contribution in [1.29, 1.82) is 0 Å². The zero-order chi connectivity index (χ0) is 16.0. The molecule has 2 fully saturated rings. The van der Waals surface area contributed by atoms with E-state index in [9.17, 15) is 4.79 Å². The lowest BCUT2D eigenvalue weighted by atomic mass is 9.99. The van der Waals surface area contributed by atoms with Gasteiger partial charge in [0, 0.05) is 31.7 Å². The minimum Gasteiger partial charge on any atom is -0.444 e. The van der Waals surface area contributed by atoms with E-state index in [-0.39, 0.29) is 6.09 Å².